The summed E-state index contributed by atoms with van der Waals surface area (Å²) >= 11 is 0. The number of carboxylic acid groups (broad SMARTS) is 1. The van der Waals surface area contributed by atoms with Gasteiger partial charge in [-0.05, 0) is 30.2 Å². The third-order valence-electron chi connectivity index (χ3n) is 5.43. The third-order valence-corrected chi connectivity index (χ3v) is 5.43. The topological polar surface area (TPSA) is 89.0 Å². The molecule has 0 bridgehead atoms. The second-order valence-electron chi connectivity index (χ2n) is 7.74. The molecule has 33 heavy (non-hydrogen) atoms. The molecule has 1 amide bonds. The van der Waals surface area contributed by atoms with Crippen LogP contribution < -0.4 is 4.74 Å². The molecule has 1 spiro atoms. The maximum atomic E-state index is 13.3. The van der Waals surface area contributed by atoms with Crippen molar-refractivity contribution < 1.29 is 41.7 Å². The number of carbonyl (C=O) groups excluding carboxylic acids is 1. The molecule has 2 fully saturated rings. The lowest BCUT2D eigenvalue weighted by Gasteiger charge is -2.50. The number of aliphatic carboxylic acids is 1. The van der Waals surface area contributed by atoms with E-state index in [4.69, 9.17) is 19.4 Å². The van der Waals surface area contributed by atoms with Crippen molar-refractivity contribution in [3.8, 4) is 5.88 Å². The molecule has 178 valence electrons. The first-order valence-electron chi connectivity index (χ1n) is 10.1. The van der Waals surface area contributed by atoms with Gasteiger partial charge in [-0.2, -0.15) is 13.2 Å². The number of halogens is 4. The van der Waals surface area contributed by atoms with Gasteiger partial charge in [0.1, 0.15) is 11.4 Å². The molecule has 2 saturated heterocycles. The van der Waals surface area contributed by atoms with Gasteiger partial charge in [-0.1, -0.05) is 18.2 Å². The number of hydrogen-bond donors (Lipinski definition) is 1. The molecule has 1 N–H and O–H groups in total. The molecule has 7 nitrogen and oxygen atoms in total. The zero-order valence-electron chi connectivity index (χ0n) is 17.4. The summed E-state index contributed by atoms with van der Waals surface area (Å²) in [5.41, 5.74) is 0.380. The summed E-state index contributed by atoms with van der Waals surface area (Å²) in [5, 5.41) is 7.12. The van der Waals surface area contributed by atoms with Crippen molar-refractivity contribution >= 4 is 11.9 Å². The first-order chi connectivity index (χ1) is 15.6. The maximum absolute atomic E-state index is 13.3. The van der Waals surface area contributed by atoms with Gasteiger partial charge in [0.15, 0.2) is 0 Å². The summed E-state index contributed by atoms with van der Waals surface area (Å²) in [6, 6.07) is 11.7. The maximum Gasteiger partial charge on any atom is 0.490 e. The Morgan fingerprint density at radius 1 is 1.21 bits per heavy atom. The van der Waals surface area contributed by atoms with Crippen molar-refractivity contribution in [1.29, 1.82) is 0 Å². The molecule has 0 saturated carbocycles. The Morgan fingerprint density at radius 3 is 2.55 bits per heavy atom. The molecule has 1 atom stereocenters. The minimum atomic E-state index is -5.08. The Balaban J connectivity index is 0.000000383. The van der Waals surface area contributed by atoms with Crippen LogP contribution in [0, 0.1) is 11.7 Å². The van der Waals surface area contributed by atoms with E-state index in [0.29, 0.717) is 37.7 Å². The normalized spacial score (nSPS) is 18.8. The van der Waals surface area contributed by atoms with Gasteiger partial charge in [-0.25, -0.2) is 14.2 Å². The molecule has 0 aliphatic carbocycles. The molecule has 2 aromatic rings. The minimum Gasteiger partial charge on any atom is -0.477 e. The quantitative estimate of drug-likeness (QED) is 0.676. The van der Waals surface area contributed by atoms with Gasteiger partial charge in [0.25, 0.3) is 0 Å². The molecule has 2 aliphatic heterocycles. The monoisotopic (exact) mass is 470 g/mol. The molecule has 2 aliphatic rings. The van der Waals surface area contributed by atoms with Crippen LogP contribution in [-0.2, 0) is 20.7 Å². The van der Waals surface area contributed by atoms with E-state index in [2.05, 4.69) is 4.98 Å². The minimum absolute atomic E-state index is 0.00104. The Kier molecular flexibility index (Phi) is 7.52. The Bertz CT molecular complexity index is 965. The largest absolute Gasteiger partial charge is 0.490 e. The zero-order chi connectivity index (χ0) is 24.1. The second-order valence-corrected chi connectivity index (χ2v) is 7.74. The highest BCUT2D eigenvalue weighted by molar-refractivity contribution is 5.80. The van der Waals surface area contributed by atoms with Gasteiger partial charge in [0, 0.05) is 24.8 Å². The van der Waals surface area contributed by atoms with E-state index in [1.54, 1.807) is 23.2 Å². The number of amides is 1. The van der Waals surface area contributed by atoms with E-state index < -0.39 is 12.1 Å². The zero-order valence-corrected chi connectivity index (χ0v) is 17.4. The number of hydrogen-bond acceptors (Lipinski definition) is 5. The van der Waals surface area contributed by atoms with Crippen molar-refractivity contribution in [1.82, 2.24) is 9.88 Å². The predicted octanol–water partition coefficient (Wildman–Crippen LogP) is 3.09. The fourth-order valence-corrected chi connectivity index (χ4v) is 3.70. The SMILES string of the molecule is O=C(Cc1cccc(F)c1)N1CC2(C1)OCCC2COc1ccccn1.O=C(O)C(F)(F)F. The van der Waals surface area contributed by atoms with Gasteiger partial charge < -0.3 is 19.5 Å². The highest BCUT2D eigenvalue weighted by Gasteiger charge is 2.54. The first kappa shape index (κ1) is 24.4. The lowest BCUT2D eigenvalue weighted by Crippen LogP contribution is -2.67. The second kappa shape index (κ2) is 10.2. The van der Waals surface area contributed by atoms with Crippen LogP contribution in [0.3, 0.4) is 0 Å². The molecule has 1 unspecified atom stereocenters. The molecule has 11 heteroatoms. The van der Waals surface area contributed by atoms with Crippen molar-refractivity contribution in [3.05, 3.63) is 60.0 Å². The summed E-state index contributed by atoms with van der Waals surface area (Å²) in [6.45, 7) is 2.35. The summed E-state index contributed by atoms with van der Waals surface area (Å²) in [5.74, 6) is -2.23. The lowest BCUT2D eigenvalue weighted by molar-refractivity contribution is -0.192. The van der Waals surface area contributed by atoms with Crippen molar-refractivity contribution in [2.24, 2.45) is 5.92 Å². The molecule has 3 heterocycles. The number of nitrogens with zero attached hydrogens (tertiary/aromatic N) is 2. The van der Waals surface area contributed by atoms with Crippen LogP contribution in [0.15, 0.2) is 48.7 Å². The van der Waals surface area contributed by atoms with Crippen molar-refractivity contribution in [2.45, 2.75) is 24.6 Å². The Hall–Kier alpha value is -3.21. The number of pyridine rings is 1. The number of rotatable bonds is 5. The average Bonchev–Trinajstić information content (AvgIpc) is 3.16. The average molecular weight is 470 g/mol. The molecular weight excluding hydrogens is 448 g/mol. The van der Waals surface area contributed by atoms with Crippen LogP contribution in [0.4, 0.5) is 17.6 Å². The van der Waals surface area contributed by atoms with E-state index in [1.165, 1.54) is 12.1 Å². The Morgan fingerprint density at radius 2 is 1.94 bits per heavy atom. The van der Waals surface area contributed by atoms with E-state index in [-0.39, 0.29) is 29.7 Å². The third kappa shape index (κ3) is 6.41. The standard InChI is InChI=1S/C20H21FN2O3.C2HF3O2/c21-17-5-3-4-15(10-17)11-19(24)23-13-20(14-23)16(7-9-26-20)12-25-18-6-1-2-8-22-18;3-2(4,5)1(6)7/h1-6,8,10,16H,7,9,11-14H2;(H,6,7). The molecule has 1 aromatic heterocycles. The van der Waals surface area contributed by atoms with Gasteiger partial charge in [-0.3, -0.25) is 4.79 Å². The summed E-state index contributed by atoms with van der Waals surface area (Å²) in [7, 11) is 0. The van der Waals surface area contributed by atoms with Crippen LogP contribution in [0.2, 0.25) is 0 Å². The number of alkyl halides is 3. The predicted molar refractivity (Wildman–Crippen MR) is 107 cm³/mol. The fraction of sp³-hybridized carbons (Fsp3) is 0.409. The highest BCUT2D eigenvalue weighted by Crippen LogP contribution is 2.40. The molecule has 0 radical (unpaired) electrons. The summed E-state index contributed by atoms with van der Waals surface area (Å²) < 4.78 is 56.8. The van der Waals surface area contributed by atoms with Gasteiger partial charge in [0.05, 0.1) is 26.1 Å². The van der Waals surface area contributed by atoms with Crippen LogP contribution in [0.1, 0.15) is 12.0 Å². The molecular formula is C22H22F4N2O5. The van der Waals surface area contributed by atoms with Crippen molar-refractivity contribution in [3.63, 3.8) is 0 Å². The number of carbonyl (C=O) groups is 2. The fourth-order valence-electron chi connectivity index (χ4n) is 3.70. The number of ether oxygens (including phenoxy) is 2. The molecule has 1 aromatic carbocycles. The first-order valence-corrected chi connectivity index (χ1v) is 10.1. The van der Waals surface area contributed by atoms with E-state index in [0.717, 1.165) is 6.42 Å². The van der Waals surface area contributed by atoms with Gasteiger partial charge in [0.2, 0.25) is 11.8 Å². The summed E-state index contributed by atoms with van der Waals surface area (Å²) in [6.07, 6.45) is -2.26. The summed E-state index contributed by atoms with van der Waals surface area (Å²) in [4.78, 5) is 27.3. The van der Waals surface area contributed by atoms with E-state index in [9.17, 15) is 22.4 Å². The van der Waals surface area contributed by atoms with Gasteiger partial charge >= 0.3 is 12.1 Å². The van der Waals surface area contributed by atoms with Crippen molar-refractivity contribution in [2.75, 3.05) is 26.3 Å². The highest BCUT2D eigenvalue weighted by atomic mass is 19.4. The van der Waals surface area contributed by atoms with Gasteiger partial charge in [-0.15, -0.1) is 0 Å². The smallest absolute Gasteiger partial charge is 0.477 e. The number of carboxylic acids is 1. The van der Waals surface area contributed by atoms with Crippen LogP contribution in [0.5, 0.6) is 5.88 Å². The Labute approximate surface area is 186 Å². The van der Waals surface area contributed by atoms with Crippen LogP contribution in [-0.4, -0.2) is 64.9 Å². The van der Waals surface area contributed by atoms with E-state index in [1.807, 2.05) is 18.2 Å². The lowest BCUT2D eigenvalue weighted by atomic mass is 9.81. The number of aromatic nitrogens is 1. The van der Waals surface area contributed by atoms with E-state index >= 15 is 0 Å². The number of benzene rings is 1. The van der Waals surface area contributed by atoms with Crippen LogP contribution >= 0.6 is 0 Å². The van der Waals surface area contributed by atoms with Crippen LogP contribution in [0.25, 0.3) is 0 Å². The number of likely N-dealkylation sites (tertiary alicyclic amines) is 1. The molecule has 4 rings (SSSR count).